The number of nitrogens with one attached hydrogen (secondary N) is 1. The van der Waals surface area contributed by atoms with Gasteiger partial charge in [-0.2, -0.15) is 0 Å². The summed E-state index contributed by atoms with van der Waals surface area (Å²) in [5.74, 6) is 0.600. The molecule has 0 bridgehead atoms. The van der Waals surface area contributed by atoms with Gasteiger partial charge in [0, 0.05) is 56.4 Å². The van der Waals surface area contributed by atoms with Crippen molar-refractivity contribution in [3.8, 4) is 0 Å². The Morgan fingerprint density at radius 3 is 2.22 bits per heavy atom. The summed E-state index contributed by atoms with van der Waals surface area (Å²) in [6.07, 6.45) is 4.97. The zero-order valence-electron chi connectivity index (χ0n) is 18.8. The van der Waals surface area contributed by atoms with Crippen LogP contribution in [-0.2, 0) is 4.74 Å². The molecular formula is C22H42N4O. The summed E-state index contributed by atoms with van der Waals surface area (Å²) in [5.41, 5.74) is 1.64. The third-order valence-corrected chi connectivity index (χ3v) is 4.75. The standard InChI is InChI=1S/C22H42N4O/c1-19(18-24-21(2,3)4)10-11-20(23-8)27-17-9-12-25-13-15-26(16-14-25)22(5,6)7/h10-11,24H,8-9,12-18H2,1-7H3/b19-10+,20-11+. The summed E-state index contributed by atoms with van der Waals surface area (Å²) in [4.78, 5) is 9.08. The van der Waals surface area contributed by atoms with Crippen LogP contribution in [0.3, 0.4) is 0 Å². The molecule has 1 rings (SSSR count). The van der Waals surface area contributed by atoms with Crippen molar-refractivity contribution in [2.24, 2.45) is 4.99 Å². The van der Waals surface area contributed by atoms with Gasteiger partial charge in [-0.25, -0.2) is 4.99 Å². The molecular weight excluding hydrogens is 336 g/mol. The van der Waals surface area contributed by atoms with Crippen LogP contribution in [0, 0.1) is 0 Å². The van der Waals surface area contributed by atoms with E-state index >= 15 is 0 Å². The highest BCUT2D eigenvalue weighted by atomic mass is 16.5. The van der Waals surface area contributed by atoms with Gasteiger partial charge < -0.3 is 15.0 Å². The van der Waals surface area contributed by atoms with Crippen LogP contribution < -0.4 is 5.32 Å². The maximum absolute atomic E-state index is 5.78. The SMILES string of the molecule is C=N/C(=C\C=C(/C)CNC(C)(C)C)OCCCN1CCN(C(C)(C)C)CC1. The topological polar surface area (TPSA) is 40.1 Å². The van der Waals surface area contributed by atoms with Gasteiger partial charge in [0.2, 0.25) is 5.88 Å². The minimum absolute atomic E-state index is 0.118. The minimum Gasteiger partial charge on any atom is -0.478 e. The number of piperazine rings is 1. The molecule has 0 radical (unpaired) electrons. The van der Waals surface area contributed by atoms with Gasteiger partial charge in [-0.05, 0) is 61.6 Å². The average Bonchev–Trinajstić information content (AvgIpc) is 2.58. The third kappa shape index (κ3) is 10.7. The predicted octanol–water partition coefficient (Wildman–Crippen LogP) is 3.69. The first-order valence-electron chi connectivity index (χ1n) is 10.2. The Labute approximate surface area is 167 Å². The Bertz CT molecular complexity index is 503. The molecule has 0 amide bonds. The molecule has 0 unspecified atom stereocenters. The molecule has 1 heterocycles. The monoisotopic (exact) mass is 378 g/mol. The van der Waals surface area contributed by atoms with E-state index in [2.05, 4.69) is 81.4 Å². The lowest BCUT2D eigenvalue weighted by molar-refractivity contribution is 0.0584. The van der Waals surface area contributed by atoms with Crippen LogP contribution in [0.25, 0.3) is 0 Å². The molecule has 0 aliphatic carbocycles. The highest BCUT2D eigenvalue weighted by Gasteiger charge is 2.25. The molecule has 27 heavy (non-hydrogen) atoms. The van der Waals surface area contributed by atoms with Crippen molar-refractivity contribution in [2.45, 2.75) is 66.0 Å². The van der Waals surface area contributed by atoms with Gasteiger partial charge in [0.15, 0.2) is 0 Å². The van der Waals surface area contributed by atoms with Gasteiger partial charge in [-0.15, -0.1) is 0 Å². The van der Waals surface area contributed by atoms with Crippen molar-refractivity contribution < 1.29 is 4.74 Å². The van der Waals surface area contributed by atoms with Crippen LogP contribution in [0.4, 0.5) is 0 Å². The summed E-state index contributed by atoms with van der Waals surface area (Å²) >= 11 is 0. The Morgan fingerprint density at radius 1 is 1.07 bits per heavy atom. The summed E-state index contributed by atoms with van der Waals surface area (Å²) in [7, 11) is 0. The van der Waals surface area contributed by atoms with Gasteiger partial charge in [0.05, 0.1) is 6.61 Å². The number of rotatable bonds is 9. The van der Waals surface area contributed by atoms with Crippen LogP contribution in [0.15, 0.2) is 28.6 Å². The fourth-order valence-electron chi connectivity index (χ4n) is 2.93. The van der Waals surface area contributed by atoms with E-state index in [4.69, 9.17) is 4.74 Å². The van der Waals surface area contributed by atoms with Gasteiger partial charge in [0.25, 0.3) is 0 Å². The number of nitrogens with zero attached hydrogens (tertiary/aromatic N) is 3. The van der Waals surface area contributed by atoms with E-state index < -0.39 is 0 Å². The zero-order chi connectivity index (χ0) is 20.5. The molecule has 0 aromatic rings. The number of aliphatic imine (C=N–C) groups is 1. The fraction of sp³-hybridized carbons (Fsp3) is 0.773. The third-order valence-electron chi connectivity index (χ3n) is 4.75. The van der Waals surface area contributed by atoms with Crippen molar-refractivity contribution in [3.05, 3.63) is 23.6 Å². The Balaban J connectivity index is 2.28. The van der Waals surface area contributed by atoms with Crippen LogP contribution in [0.1, 0.15) is 54.9 Å². The van der Waals surface area contributed by atoms with Crippen LogP contribution >= 0.6 is 0 Å². The summed E-state index contributed by atoms with van der Waals surface area (Å²) in [5, 5.41) is 3.47. The molecule has 0 aromatic heterocycles. The maximum atomic E-state index is 5.78. The molecule has 0 aromatic carbocycles. The average molecular weight is 379 g/mol. The van der Waals surface area contributed by atoms with E-state index in [1.165, 1.54) is 5.57 Å². The number of hydrogen-bond donors (Lipinski definition) is 1. The first-order valence-corrected chi connectivity index (χ1v) is 10.2. The van der Waals surface area contributed by atoms with Crippen molar-refractivity contribution in [1.82, 2.24) is 15.1 Å². The maximum Gasteiger partial charge on any atom is 0.212 e. The van der Waals surface area contributed by atoms with Gasteiger partial charge >= 0.3 is 0 Å². The second-order valence-corrected chi connectivity index (χ2v) is 9.48. The van der Waals surface area contributed by atoms with Crippen molar-refractivity contribution >= 4 is 6.72 Å². The molecule has 0 spiro atoms. The second-order valence-electron chi connectivity index (χ2n) is 9.48. The van der Waals surface area contributed by atoms with E-state index in [9.17, 15) is 0 Å². The highest BCUT2D eigenvalue weighted by molar-refractivity contribution is 5.28. The molecule has 5 heteroatoms. The van der Waals surface area contributed by atoms with Crippen LogP contribution in [0.5, 0.6) is 0 Å². The van der Waals surface area contributed by atoms with E-state index in [1.54, 1.807) is 0 Å². The molecule has 156 valence electrons. The first-order chi connectivity index (χ1) is 12.5. The normalized spacial score (nSPS) is 18.6. The second kappa shape index (κ2) is 11.0. The molecule has 1 N–H and O–H groups in total. The van der Waals surface area contributed by atoms with E-state index in [0.717, 1.165) is 45.7 Å². The van der Waals surface area contributed by atoms with Crippen LogP contribution in [0.2, 0.25) is 0 Å². The summed E-state index contributed by atoms with van der Waals surface area (Å²) in [6, 6.07) is 0. The Hall–Kier alpha value is -1.17. The van der Waals surface area contributed by atoms with Gasteiger partial charge in [-0.1, -0.05) is 11.6 Å². The molecule has 0 saturated carbocycles. The Morgan fingerprint density at radius 2 is 1.70 bits per heavy atom. The predicted molar refractivity (Wildman–Crippen MR) is 117 cm³/mol. The highest BCUT2D eigenvalue weighted by Crippen LogP contribution is 2.15. The molecule has 1 aliphatic rings. The molecule has 1 fully saturated rings. The summed E-state index contributed by atoms with van der Waals surface area (Å²) in [6.45, 7) is 26.3. The van der Waals surface area contributed by atoms with E-state index in [-0.39, 0.29) is 11.1 Å². The van der Waals surface area contributed by atoms with Crippen molar-refractivity contribution in [3.63, 3.8) is 0 Å². The molecule has 1 aliphatic heterocycles. The summed E-state index contributed by atoms with van der Waals surface area (Å²) < 4.78 is 5.78. The largest absolute Gasteiger partial charge is 0.478 e. The van der Waals surface area contributed by atoms with Gasteiger partial charge in [0.1, 0.15) is 0 Å². The number of ether oxygens (including phenoxy) is 1. The Kier molecular flexibility index (Phi) is 9.71. The lowest BCUT2D eigenvalue weighted by Gasteiger charge is -2.42. The van der Waals surface area contributed by atoms with Crippen LogP contribution in [-0.4, -0.2) is 73.5 Å². The van der Waals surface area contributed by atoms with Crippen molar-refractivity contribution in [2.75, 3.05) is 45.9 Å². The van der Waals surface area contributed by atoms with E-state index in [0.29, 0.717) is 12.5 Å². The van der Waals surface area contributed by atoms with E-state index in [1.807, 2.05) is 6.08 Å². The quantitative estimate of drug-likeness (QED) is 0.287. The minimum atomic E-state index is 0.118. The molecule has 1 saturated heterocycles. The zero-order valence-corrected chi connectivity index (χ0v) is 18.8. The lowest BCUT2D eigenvalue weighted by Crippen LogP contribution is -2.53. The number of allylic oxidation sites excluding steroid dienone is 2. The number of hydrogen-bond acceptors (Lipinski definition) is 5. The molecule has 0 atom stereocenters. The smallest absolute Gasteiger partial charge is 0.212 e. The lowest BCUT2D eigenvalue weighted by atomic mass is 10.0. The van der Waals surface area contributed by atoms with Crippen molar-refractivity contribution in [1.29, 1.82) is 0 Å². The first kappa shape index (κ1) is 23.9. The van der Waals surface area contributed by atoms with Gasteiger partial charge in [-0.3, -0.25) is 4.90 Å². The molecule has 5 nitrogen and oxygen atoms in total. The fourth-order valence-corrected chi connectivity index (χ4v) is 2.93.